The third-order valence-corrected chi connectivity index (χ3v) is 3.26. The number of rotatable bonds is 4. The fraction of sp³-hybridized carbons (Fsp3) is 0.333. The first kappa shape index (κ1) is 12.8. The van der Waals surface area contributed by atoms with E-state index in [9.17, 15) is 0 Å². The maximum absolute atomic E-state index is 5.91. The summed E-state index contributed by atoms with van der Waals surface area (Å²) in [5.41, 5.74) is 1.15. The SMILES string of the molecule is CCNC(C)/C=C/c1ccc(Cl)c(Br)c1. The van der Waals surface area contributed by atoms with Crippen LogP contribution in [0.15, 0.2) is 28.7 Å². The Balaban J connectivity index is 2.68. The molecule has 1 aromatic rings. The Labute approximate surface area is 105 Å². The van der Waals surface area contributed by atoms with Crippen LogP contribution in [0.2, 0.25) is 5.02 Å². The lowest BCUT2D eigenvalue weighted by molar-refractivity contribution is 0.663. The predicted molar refractivity (Wildman–Crippen MR) is 71.3 cm³/mol. The van der Waals surface area contributed by atoms with Crippen molar-refractivity contribution in [3.05, 3.63) is 39.3 Å². The lowest BCUT2D eigenvalue weighted by atomic mass is 10.2. The summed E-state index contributed by atoms with van der Waals surface area (Å²) in [5.74, 6) is 0. The van der Waals surface area contributed by atoms with Crippen LogP contribution in [0, 0.1) is 0 Å². The van der Waals surface area contributed by atoms with Gasteiger partial charge in [-0.2, -0.15) is 0 Å². The van der Waals surface area contributed by atoms with Crippen molar-refractivity contribution in [2.45, 2.75) is 19.9 Å². The second kappa shape index (κ2) is 6.31. The Bertz CT molecular complexity index is 349. The summed E-state index contributed by atoms with van der Waals surface area (Å²) in [6, 6.07) is 6.30. The lowest BCUT2D eigenvalue weighted by Crippen LogP contribution is -2.22. The number of likely N-dealkylation sites (N-methyl/N-ethyl adjacent to an activating group) is 1. The van der Waals surface area contributed by atoms with E-state index in [1.54, 1.807) is 0 Å². The van der Waals surface area contributed by atoms with E-state index in [2.05, 4.69) is 47.2 Å². The van der Waals surface area contributed by atoms with Crippen LogP contribution in [0.1, 0.15) is 19.4 Å². The van der Waals surface area contributed by atoms with E-state index < -0.39 is 0 Å². The first-order chi connectivity index (χ1) is 7.13. The molecule has 0 bridgehead atoms. The Morgan fingerprint density at radius 2 is 2.27 bits per heavy atom. The predicted octanol–water partition coefficient (Wildman–Crippen LogP) is 4.11. The molecule has 0 fully saturated rings. The van der Waals surface area contributed by atoms with Gasteiger partial charge in [0.2, 0.25) is 0 Å². The minimum Gasteiger partial charge on any atom is -0.311 e. The van der Waals surface area contributed by atoms with Crippen LogP contribution in [0.5, 0.6) is 0 Å². The van der Waals surface area contributed by atoms with Gasteiger partial charge in [-0.15, -0.1) is 0 Å². The summed E-state index contributed by atoms with van der Waals surface area (Å²) < 4.78 is 0.933. The molecule has 15 heavy (non-hydrogen) atoms. The number of nitrogens with one attached hydrogen (secondary N) is 1. The molecule has 1 N–H and O–H groups in total. The molecule has 1 nitrogen and oxygen atoms in total. The van der Waals surface area contributed by atoms with Gasteiger partial charge in [-0.25, -0.2) is 0 Å². The highest BCUT2D eigenvalue weighted by Gasteiger charge is 1.97. The summed E-state index contributed by atoms with van der Waals surface area (Å²) in [6.07, 6.45) is 4.23. The molecule has 0 aliphatic rings. The number of halogens is 2. The number of hydrogen-bond donors (Lipinski definition) is 1. The standard InChI is InChI=1S/C12H15BrClN/c1-3-15-9(2)4-5-10-6-7-12(14)11(13)8-10/h4-9,15H,3H2,1-2H3/b5-4+. The molecule has 1 atom stereocenters. The zero-order valence-corrected chi connectivity index (χ0v) is 11.3. The van der Waals surface area contributed by atoms with E-state index in [1.807, 2.05) is 18.2 Å². The van der Waals surface area contributed by atoms with Crippen molar-refractivity contribution in [3.63, 3.8) is 0 Å². The summed E-state index contributed by atoms with van der Waals surface area (Å²) in [7, 11) is 0. The van der Waals surface area contributed by atoms with Crippen LogP contribution < -0.4 is 5.32 Å². The highest BCUT2D eigenvalue weighted by Crippen LogP contribution is 2.23. The van der Waals surface area contributed by atoms with Gasteiger partial charge >= 0.3 is 0 Å². The lowest BCUT2D eigenvalue weighted by Gasteiger charge is -2.05. The second-order valence-corrected chi connectivity index (χ2v) is 4.64. The van der Waals surface area contributed by atoms with E-state index >= 15 is 0 Å². The molecule has 0 aliphatic heterocycles. The van der Waals surface area contributed by atoms with Crippen molar-refractivity contribution >= 4 is 33.6 Å². The number of hydrogen-bond acceptors (Lipinski definition) is 1. The molecule has 3 heteroatoms. The zero-order chi connectivity index (χ0) is 11.3. The average molecular weight is 289 g/mol. The van der Waals surface area contributed by atoms with Crippen molar-refractivity contribution in [1.82, 2.24) is 5.32 Å². The normalized spacial score (nSPS) is 13.3. The van der Waals surface area contributed by atoms with E-state index in [0.29, 0.717) is 6.04 Å². The molecule has 0 saturated carbocycles. The van der Waals surface area contributed by atoms with Gasteiger partial charge in [0.1, 0.15) is 0 Å². The third kappa shape index (κ3) is 4.37. The van der Waals surface area contributed by atoms with Crippen LogP contribution >= 0.6 is 27.5 Å². The molecule has 82 valence electrons. The van der Waals surface area contributed by atoms with Gasteiger partial charge in [0.25, 0.3) is 0 Å². The minimum absolute atomic E-state index is 0.393. The van der Waals surface area contributed by atoms with Crippen molar-refractivity contribution in [2.24, 2.45) is 0 Å². The first-order valence-corrected chi connectivity index (χ1v) is 6.17. The molecule has 1 rings (SSSR count). The summed E-state index contributed by atoms with van der Waals surface area (Å²) >= 11 is 9.31. The van der Waals surface area contributed by atoms with E-state index in [0.717, 1.165) is 21.6 Å². The van der Waals surface area contributed by atoms with Gasteiger partial charge in [0, 0.05) is 10.5 Å². The highest BCUT2D eigenvalue weighted by molar-refractivity contribution is 9.10. The van der Waals surface area contributed by atoms with Crippen LogP contribution in [-0.2, 0) is 0 Å². The molecule has 0 aliphatic carbocycles. The van der Waals surface area contributed by atoms with Crippen LogP contribution in [0.3, 0.4) is 0 Å². The van der Waals surface area contributed by atoms with Gasteiger partial charge in [-0.05, 0) is 47.1 Å². The van der Waals surface area contributed by atoms with Gasteiger partial charge in [0.05, 0.1) is 5.02 Å². The molecule has 0 saturated heterocycles. The summed E-state index contributed by atoms with van der Waals surface area (Å²) in [4.78, 5) is 0. The molecule has 1 unspecified atom stereocenters. The summed E-state index contributed by atoms with van der Waals surface area (Å²) in [6.45, 7) is 5.21. The second-order valence-electron chi connectivity index (χ2n) is 3.38. The fourth-order valence-corrected chi connectivity index (χ4v) is 1.78. The van der Waals surface area contributed by atoms with E-state index in [-0.39, 0.29) is 0 Å². The van der Waals surface area contributed by atoms with Gasteiger partial charge in [-0.1, -0.05) is 36.7 Å². The monoisotopic (exact) mass is 287 g/mol. The Morgan fingerprint density at radius 1 is 1.53 bits per heavy atom. The molecule has 0 spiro atoms. The van der Waals surface area contributed by atoms with Crippen molar-refractivity contribution in [1.29, 1.82) is 0 Å². The molecule has 0 radical (unpaired) electrons. The van der Waals surface area contributed by atoms with Gasteiger partial charge < -0.3 is 5.32 Å². The molecular formula is C12H15BrClN. The topological polar surface area (TPSA) is 12.0 Å². The van der Waals surface area contributed by atoms with Crippen LogP contribution in [0.25, 0.3) is 6.08 Å². The first-order valence-electron chi connectivity index (χ1n) is 5.00. The molecular weight excluding hydrogens is 273 g/mol. The molecule has 0 amide bonds. The largest absolute Gasteiger partial charge is 0.311 e. The van der Waals surface area contributed by atoms with E-state index in [4.69, 9.17) is 11.6 Å². The quantitative estimate of drug-likeness (QED) is 0.879. The smallest absolute Gasteiger partial charge is 0.0548 e. The molecule has 0 heterocycles. The van der Waals surface area contributed by atoms with Gasteiger partial charge in [0.15, 0.2) is 0 Å². The third-order valence-electron chi connectivity index (χ3n) is 2.05. The van der Waals surface area contributed by atoms with Crippen molar-refractivity contribution in [3.8, 4) is 0 Å². The Morgan fingerprint density at radius 3 is 2.87 bits per heavy atom. The van der Waals surface area contributed by atoms with Gasteiger partial charge in [-0.3, -0.25) is 0 Å². The summed E-state index contributed by atoms with van der Waals surface area (Å²) in [5, 5.41) is 4.06. The van der Waals surface area contributed by atoms with Crippen molar-refractivity contribution < 1.29 is 0 Å². The zero-order valence-electron chi connectivity index (χ0n) is 8.93. The van der Waals surface area contributed by atoms with Crippen molar-refractivity contribution in [2.75, 3.05) is 6.54 Å². The Hall–Kier alpha value is -0.310. The molecule has 1 aromatic carbocycles. The van der Waals surface area contributed by atoms with E-state index in [1.165, 1.54) is 0 Å². The molecule has 0 aromatic heterocycles. The van der Waals surface area contributed by atoms with Crippen LogP contribution in [-0.4, -0.2) is 12.6 Å². The fourth-order valence-electron chi connectivity index (χ4n) is 1.26. The maximum atomic E-state index is 5.91. The maximum Gasteiger partial charge on any atom is 0.0548 e. The minimum atomic E-state index is 0.393. The Kier molecular flexibility index (Phi) is 5.37. The number of benzene rings is 1. The average Bonchev–Trinajstić information content (AvgIpc) is 2.20. The van der Waals surface area contributed by atoms with Crippen LogP contribution in [0.4, 0.5) is 0 Å². The highest BCUT2D eigenvalue weighted by atomic mass is 79.9.